The van der Waals surface area contributed by atoms with Gasteiger partial charge in [0.1, 0.15) is 17.4 Å². The van der Waals surface area contributed by atoms with Gasteiger partial charge in [0.15, 0.2) is 0 Å². The van der Waals surface area contributed by atoms with Crippen molar-refractivity contribution in [2.75, 3.05) is 37.0 Å². The molecular formula is C21H22F4N4O. The number of benzene rings is 2. The third kappa shape index (κ3) is 4.10. The van der Waals surface area contributed by atoms with E-state index < -0.39 is 17.8 Å². The molecule has 0 spiro atoms. The van der Waals surface area contributed by atoms with Gasteiger partial charge in [-0.25, -0.2) is 14.4 Å². The maximum absolute atomic E-state index is 13.9. The molecule has 0 atom stereocenters. The molecule has 0 aliphatic heterocycles. The first-order valence-electron chi connectivity index (χ1n) is 9.40. The van der Waals surface area contributed by atoms with Gasteiger partial charge in [0, 0.05) is 31.2 Å². The van der Waals surface area contributed by atoms with E-state index in [1.165, 1.54) is 11.0 Å². The first-order chi connectivity index (χ1) is 14.2. The largest absolute Gasteiger partial charge is 0.495 e. The van der Waals surface area contributed by atoms with Crippen LogP contribution in [0.3, 0.4) is 0 Å². The summed E-state index contributed by atoms with van der Waals surface area (Å²) in [6.45, 7) is 5.44. The number of rotatable bonds is 6. The summed E-state index contributed by atoms with van der Waals surface area (Å²) in [4.78, 5) is 10.8. The third-order valence-corrected chi connectivity index (χ3v) is 4.86. The van der Waals surface area contributed by atoms with Crippen molar-refractivity contribution in [2.24, 2.45) is 0 Å². The van der Waals surface area contributed by atoms with E-state index in [0.29, 0.717) is 11.4 Å². The minimum atomic E-state index is -4.73. The molecule has 0 aliphatic rings. The van der Waals surface area contributed by atoms with Gasteiger partial charge in [-0.15, -0.1) is 0 Å². The van der Waals surface area contributed by atoms with Crippen LogP contribution >= 0.6 is 0 Å². The van der Waals surface area contributed by atoms with Crippen LogP contribution in [0.25, 0.3) is 10.9 Å². The summed E-state index contributed by atoms with van der Waals surface area (Å²) in [6, 6.07) is 8.70. The van der Waals surface area contributed by atoms with E-state index in [1.807, 2.05) is 19.9 Å². The predicted molar refractivity (Wildman–Crippen MR) is 109 cm³/mol. The highest BCUT2D eigenvalue weighted by atomic mass is 19.4. The molecule has 0 saturated heterocycles. The molecule has 0 aliphatic carbocycles. The Morgan fingerprint density at radius 1 is 1.00 bits per heavy atom. The zero-order chi connectivity index (χ0) is 22.1. The van der Waals surface area contributed by atoms with Crippen molar-refractivity contribution in [3.05, 3.63) is 48.0 Å². The summed E-state index contributed by atoms with van der Waals surface area (Å²) in [6.07, 6.45) is -4.73. The van der Waals surface area contributed by atoms with Crippen LogP contribution in [0.2, 0.25) is 0 Å². The van der Waals surface area contributed by atoms with Crippen molar-refractivity contribution in [2.45, 2.75) is 20.0 Å². The fraction of sp³-hybridized carbons (Fsp3) is 0.333. The van der Waals surface area contributed by atoms with Crippen LogP contribution in [-0.4, -0.2) is 37.2 Å². The van der Waals surface area contributed by atoms with Crippen molar-refractivity contribution < 1.29 is 22.3 Å². The molecule has 1 heterocycles. The lowest BCUT2D eigenvalue weighted by Gasteiger charge is -2.27. The van der Waals surface area contributed by atoms with Crippen LogP contribution in [0, 0.1) is 5.82 Å². The molecule has 3 rings (SSSR count). The number of fused-ring (bicyclic) bond motifs is 1. The molecule has 0 amide bonds. The minimum Gasteiger partial charge on any atom is -0.495 e. The lowest BCUT2D eigenvalue weighted by Crippen LogP contribution is -2.23. The number of halogens is 4. The Morgan fingerprint density at radius 3 is 2.30 bits per heavy atom. The molecule has 3 aromatic rings. The van der Waals surface area contributed by atoms with E-state index in [0.717, 1.165) is 30.9 Å². The SMILES string of the molecule is CCN(CC)c1cc(N(C)c2nc(C(F)(F)F)nc3ccc(F)cc23)ccc1OC. The number of hydrogen-bond acceptors (Lipinski definition) is 5. The number of anilines is 3. The topological polar surface area (TPSA) is 41.5 Å². The second-order valence-corrected chi connectivity index (χ2v) is 6.62. The van der Waals surface area contributed by atoms with Gasteiger partial charge in [0.25, 0.3) is 0 Å². The first kappa shape index (κ1) is 21.6. The zero-order valence-electron chi connectivity index (χ0n) is 17.1. The fourth-order valence-electron chi connectivity index (χ4n) is 3.29. The van der Waals surface area contributed by atoms with Gasteiger partial charge >= 0.3 is 6.18 Å². The average Bonchev–Trinajstić information content (AvgIpc) is 2.72. The molecule has 30 heavy (non-hydrogen) atoms. The second-order valence-electron chi connectivity index (χ2n) is 6.62. The molecule has 0 unspecified atom stereocenters. The van der Waals surface area contributed by atoms with E-state index in [2.05, 4.69) is 14.9 Å². The summed E-state index contributed by atoms with van der Waals surface area (Å²) in [7, 11) is 3.14. The molecule has 0 radical (unpaired) electrons. The van der Waals surface area contributed by atoms with Gasteiger partial charge in [-0.3, -0.25) is 0 Å². The first-order valence-corrected chi connectivity index (χ1v) is 9.40. The normalized spacial score (nSPS) is 11.6. The Morgan fingerprint density at radius 2 is 1.70 bits per heavy atom. The maximum Gasteiger partial charge on any atom is 0.451 e. The maximum atomic E-state index is 13.9. The molecule has 0 fully saturated rings. The van der Waals surface area contributed by atoms with Gasteiger partial charge in [0.2, 0.25) is 5.82 Å². The van der Waals surface area contributed by atoms with Crippen molar-refractivity contribution >= 4 is 28.1 Å². The van der Waals surface area contributed by atoms with Gasteiger partial charge < -0.3 is 14.5 Å². The Balaban J connectivity index is 2.20. The Kier molecular flexibility index (Phi) is 6.00. The van der Waals surface area contributed by atoms with Crippen LogP contribution in [0.1, 0.15) is 19.7 Å². The van der Waals surface area contributed by atoms with E-state index in [1.54, 1.807) is 26.3 Å². The lowest BCUT2D eigenvalue weighted by molar-refractivity contribution is -0.144. The van der Waals surface area contributed by atoms with Gasteiger partial charge in [-0.2, -0.15) is 13.2 Å². The number of alkyl halides is 3. The molecule has 2 aromatic carbocycles. The van der Waals surface area contributed by atoms with E-state index in [4.69, 9.17) is 4.74 Å². The predicted octanol–water partition coefficient (Wildman–Crippen LogP) is 5.41. The summed E-state index contributed by atoms with van der Waals surface area (Å²) in [5.74, 6) is -1.26. The molecule has 160 valence electrons. The second kappa shape index (κ2) is 8.33. The Labute approximate surface area is 171 Å². The standard InChI is InChI=1S/C21H22F4N4O/c1-5-29(6-2)17-12-14(8-10-18(17)30-4)28(3)19-15-11-13(22)7-9-16(15)26-20(27-19)21(23,24)25/h7-12H,5-6H2,1-4H3. The number of hydrogen-bond donors (Lipinski definition) is 0. The van der Waals surface area contributed by atoms with Crippen molar-refractivity contribution in [3.8, 4) is 5.75 Å². The zero-order valence-corrected chi connectivity index (χ0v) is 17.1. The van der Waals surface area contributed by atoms with Crippen molar-refractivity contribution in [1.29, 1.82) is 0 Å². The summed E-state index contributed by atoms with van der Waals surface area (Å²) in [5, 5.41) is 0.186. The highest BCUT2D eigenvalue weighted by Gasteiger charge is 2.36. The summed E-state index contributed by atoms with van der Waals surface area (Å²) < 4.78 is 59.4. The van der Waals surface area contributed by atoms with Gasteiger partial charge in [0.05, 0.1) is 18.3 Å². The number of nitrogens with zero attached hydrogens (tertiary/aromatic N) is 4. The number of aromatic nitrogens is 2. The third-order valence-electron chi connectivity index (χ3n) is 4.86. The van der Waals surface area contributed by atoms with E-state index >= 15 is 0 Å². The molecule has 0 N–H and O–H groups in total. The summed E-state index contributed by atoms with van der Waals surface area (Å²) >= 11 is 0. The van der Waals surface area contributed by atoms with Crippen LogP contribution in [-0.2, 0) is 6.18 Å². The van der Waals surface area contributed by atoms with Crippen LogP contribution < -0.4 is 14.5 Å². The average molecular weight is 422 g/mol. The molecule has 5 nitrogen and oxygen atoms in total. The van der Waals surface area contributed by atoms with E-state index in [9.17, 15) is 17.6 Å². The molecular weight excluding hydrogens is 400 g/mol. The lowest BCUT2D eigenvalue weighted by atomic mass is 10.2. The Bertz CT molecular complexity index is 1050. The summed E-state index contributed by atoms with van der Waals surface area (Å²) in [5.41, 5.74) is 1.39. The van der Waals surface area contributed by atoms with Crippen LogP contribution in [0.15, 0.2) is 36.4 Å². The quantitative estimate of drug-likeness (QED) is 0.497. The van der Waals surface area contributed by atoms with Crippen molar-refractivity contribution in [1.82, 2.24) is 9.97 Å². The number of ether oxygens (including phenoxy) is 1. The highest BCUT2D eigenvalue weighted by molar-refractivity contribution is 5.92. The highest BCUT2D eigenvalue weighted by Crippen LogP contribution is 2.37. The molecule has 9 heteroatoms. The number of methoxy groups -OCH3 is 1. The van der Waals surface area contributed by atoms with Crippen molar-refractivity contribution in [3.63, 3.8) is 0 Å². The van der Waals surface area contributed by atoms with Crippen LogP contribution in [0.4, 0.5) is 34.8 Å². The monoisotopic (exact) mass is 422 g/mol. The Hall–Kier alpha value is -3.10. The van der Waals surface area contributed by atoms with E-state index in [-0.39, 0.29) is 16.7 Å². The molecule has 1 aromatic heterocycles. The minimum absolute atomic E-state index is 0.0121. The van der Waals surface area contributed by atoms with Crippen LogP contribution in [0.5, 0.6) is 5.75 Å². The smallest absolute Gasteiger partial charge is 0.451 e. The van der Waals surface area contributed by atoms with Gasteiger partial charge in [-0.1, -0.05) is 0 Å². The fourth-order valence-corrected chi connectivity index (χ4v) is 3.29. The van der Waals surface area contributed by atoms with Gasteiger partial charge in [-0.05, 0) is 50.2 Å². The molecule has 0 saturated carbocycles. The molecule has 0 bridgehead atoms.